The number of aryl methyl sites for hydroxylation is 1. The number of hydrogen-bond donors (Lipinski definition) is 2. The zero-order chi connectivity index (χ0) is 13.0. The van der Waals surface area contributed by atoms with Crippen molar-refractivity contribution < 1.29 is 4.79 Å². The van der Waals surface area contributed by atoms with Crippen molar-refractivity contribution in [3.8, 4) is 0 Å². The van der Waals surface area contributed by atoms with E-state index in [4.69, 9.17) is 0 Å². The van der Waals surface area contributed by atoms with E-state index >= 15 is 0 Å². The van der Waals surface area contributed by atoms with E-state index in [0.29, 0.717) is 12.2 Å². The first kappa shape index (κ1) is 13.0. The molecular weight excluding hydrogens is 226 g/mol. The molecule has 1 aliphatic heterocycles. The maximum absolute atomic E-state index is 12.0. The number of rotatable bonds is 3. The van der Waals surface area contributed by atoms with E-state index in [9.17, 15) is 4.79 Å². The fourth-order valence-corrected chi connectivity index (χ4v) is 2.32. The van der Waals surface area contributed by atoms with Crippen LogP contribution in [-0.4, -0.2) is 30.5 Å². The maximum Gasteiger partial charge on any atom is 0.269 e. The highest BCUT2D eigenvalue weighted by Crippen LogP contribution is 2.24. The van der Waals surface area contributed by atoms with Gasteiger partial charge in [0.15, 0.2) is 0 Å². The average Bonchev–Trinajstić information content (AvgIpc) is 2.37. The van der Waals surface area contributed by atoms with Gasteiger partial charge in [-0.05, 0) is 43.9 Å². The fourth-order valence-electron chi connectivity index (χ4n) is 2.32. The molecule has 2 heterocycles. The molecule has 0 saturated carbocycles. The average molecular weight is 247 g/mol. The van der Waals surface area contributed by atoms with Gasteiger partial charge in [0.05, 0.1) is 0 Å². The van der Waals surface area contributed by atoms with Crippen molar-refractivity contribution in [1.29, 1.82) is 0 Å². The van der Waals surface area contributed by atoms with E-state index < -0.39 is 0 Å². The molecule has 1 atom stereocenters. The van der Waals surface area contributed by atoms with Gasteiger partial charge in [0.1, 0.15) is 5.69 Å². The third-order valence-electron chi connectivity index (χ3n) is 3.48. The molecule has 1 aromatic heterocycles. The van der Waals surface area contributed by atoms with Gasteiger partial charge < -0.3 is 10.6 Å². The van der Waals surface area contributed by atoms with Crippen LogP contribution in [-0.2, 0) is 0 Å². The van der Waals surface area contributed by atoms with Crippen molar-refractivity contribution in [3.63, 3.8) is 0 Å². The van der Waals surface area contributed by atoms with Crippen LogP contribution in [0.3, 0.4) is 0 Å². The van der Waals surface area contributed by atoms with Gasteiger partial charge in [-0.3, -0.25) is 4.79 Å². The second kappa shape index (κ2) is 5.48. The molecule has 0 aliphatic carbocycles. The van der Waals surface area contributed by atoms with Crippen LogP contribution in [0, 0.1) is 12.3 Å². The largest absolute Gasteiger partial charge is 0.350 e. The lowest BCUT2D eigenvalue weighted by atomic mass is 9.83. The van der Waals surface area contributed by atoms with Crippen molar-refractivity contribution in [1.82, 2.24) is 15.6 Å². The summed E-state index contributed by atoms with van der Waals surface area (Å²) in [6.07, 6.45) is 2.33. The molecule has 1 amide bonds. The third kappa shape index (κ3) is 3.29. The Balaban J connectivity index is 1.92. The molecule has 2 rings (SSSR count). The van der Waals surface area contributed by atoms with E-state index in [-0.39, 0.29) is 11.3 Å². The summed E-state index contributed by atoms with van der Waals surface area (Å²) in [6.45, 7) is 6.86. The molecule has 1 unspecified atom stereocenters. The van der Waals surface area contributed by atoms with Crippen molar-refractivity contribution in [2.75, 3.05) is 19.6 Å². The number of carbonyl (C=O) groups is 1. The van der Waals surface area contributed by atoms with Gasteiger partial charge in [-0.15, -0.1) is 0 Å². The Morgan fingerprint density at radius 3 is 3.06 bits per heavy atom. The van der Waals surface area contributed by atoms with Crippen molar-refractivity contribution in [3.05, 3.63) is 29.6 Å². The summed E-state index contributed by atoms with van der Waals surface area (Å²) in [6, 6.07) is 5.51. The molecule has 1 fully saturated rings. The van der Waals surface area contributed by atoms with Crippen LogP contribution in [0.4, 0.5) is 0 Å². The Hall–Kier alpha value is -1.42. The summed E-state index contributed by atoms with van der Waals surface area (Å²) in [5, 5.41) is 6.38. The van der Waals surface area contributed by atoms with Crippen LogP contribution < -0.4 is 10.6 Å². The summed E-state index contributed by atoms with van der Waals surface area (Å²) in [5.41, 5.74) is 1.54. The molecule has 2 N–H and O–H groups in total. The molecule has 4 nitrogen and oxygen atoms in total. The first-order chi connectivity index (χ1) is 8.59. The molecule has 0 aromatic carbocycles. The predicted molar refractivity (Wildman–Crippen MR) is 71.5 cm³/mol. The quantitative estimate of drug-likeness (QED) is 0.851. The van der Waals surface area contributed by atoms with Gasteiger partial charge >= 0.3 is 0 Å². The second-order valence-corrected chi connectivity index (χ2v) is 5.44. The minimum Gasteiger partial charge on any atom is -0.350 e. The Bertz CT molecular complexity index is 425. The number of hydrogen-bond acceptors (Lipinski definition) is 3. The van der Waals surface area contributed by atoms with Crippen LogP contribution in [0.15, 0.2) is 18.2 Å². The standard InChI is InChI=1S/C14H21N3O/c1-11-5-3-6-12(17-11)13(18)16-10-14(2)7-4-8-15-9-14/h3,5-6,15H,4,7-10H2,1-2H3,(H,16,18). The zero-order valence-corrected chi connectivity index (χ0v) is 11.1. The topological polar surface area (TPSA) is 54.0 Å². The second-order valence-electron chi connectivity index (χ2n) is 5.44. The summed E-state index contributed by atoms with van der Waals surface area (Å²) in [7, 11) is 0. The lowest BCUT2D eigenvalue weighted by Gasteiger charge is -2.34. The molecule has 98 valence electrons. The smallest absolute Gasteiger partial charge is 0.269 e. The number of amides is 1. The van der Waals surface area contributed by atoms with E-state index in [2.05, 4.69) is 22.5 Å². The van der Waals surface area contributed by atoms with E-state index in [1.165, 1.54) is 6.42 Å². The highest BCUT2D eigenvalue weighted by Gasteiger charge is 2.27. The predicted octanol–water partition coefficient (Wildman–Crippen LogP) is 1.51. The monoisotopic (exact) mass is 247 g/mol. The Kier molecular flexibility index (Phi) is 3.97. The SMILES string of the molecule is Cc1cccc(C(=O)NCC2(C)CCCNC2)n1. The summed E-state index contributed by atoms with van der Waals surface area (Å²) in [5.74, 6) is -0.0782. The molecule has 0 radical (unpaired) electrons. The van der Waals surface area contributed by atoms with Crippen molar-refractivity contribution in [2.24, 2.45) is 5.41 Å². The lowest BCUT2D eigenvalue weighted by molar-refractivity contribution is 0.0919. The van der Waals surface area contributed by atoms with Crippen LogP contribution in [0.2, 0.25) is 0 Å². The highest BCUT2D eigenvalue weighted by atomic mass is 16.1. The molecule has 0 bridgehead atoms. The molecule has 4 heteroatoms. The maximum atomic E-state index is 12.0. The van der Waals surface area contributed by atoms with Gasteiger partial charge in [-0.25, -0.2) is 4.98 Å². The minimum absolute atomic E-state index is 0.0782. The van der Waals surface area contributed by atoms with Gasteiger partial charge in [0, 0.05) is 18.8 Å². The number of nitrogens with one attached hydrogen (secondary N) is 2. The Morgan fingerprint density at radius 2 is 2.39 bits per heavy atom. The van der Waals surface area contributed by atoms with Gasteiger partial charge in [0.25, 0.3) is 5.91 Å². The number of nitrogens with zero attached hydrogens (tertiary/aromatic N) is 1. The number of piperidine rings is 1. The molecule has 1 aliphatic rings. The zero-order valence-electron chi connectivity index (χ0n) is 11.1. The molecule has 0 spiro atoms. The van der Waals surface area contributed by atoms with Gasteiger partial charge in [-0.1, -0.05) is 13.0 Å². The summed E-state index contributed by atoms with van der Waals surface area (Å²) >= 11 is 0. The number of pyridine rings is 1. The normalized spacial score (nSPS) is 23.7. The van der Waals surface area contributed by atoms with Crippen LogP contribution in [0.5, 0.6) is 0 Å². The fraction of sp³-hybridized carbons (Fsp3) is 0.571. The van der Waals surface area contributed by atoms with Gasteiger partial charge in [0.2, 0.25) is 0 Å². The van der Waals surface area contributed by atoms with E-state index in [1.54, 1.807) is 6.07 Å². The van der Waals surface area contributed by atoms with Crippen LogP contribution in [0.1, 0.15) is 35.9 Å². The Morgan fingerprint density at radius 1 is 1.56 bits per heavy atom. The van der Waals surface area contributed by atoms with E-state index in [0.717, 1.165) is 25.2 Å². The van der Waals surface area contributed by atoms with Crippen LogP contribution >= 0.6 is 0 Å². The third-order valence-corrected chi connectivity index (χ3v) is 3.48. The number of carbonyl (C=O) groups excluding carboxylic acids is 1. The number of aromatic nitrogens is 1. The van der Waals surface area contributed by atoms with Crippen molar-refractivity contribution in [2.45, 2.75) is 26.7 Å². The lowest BCUT2D eigenvalue weighted by Crippen LogP contribution is -2.45. The molecule has 1 aromatic rings. The van der Waals surface area contributed by atoms with Gasteiger partial charge in [-0.2, -0.15) is 0 Å². The minimum atomic E-state index is -0.0782. The van der Waals surface area contributed by atoms with Crippen molar-refractivity contribution >= 4 is 5.91 Å². The molecular formula is C14H21N3O. The first-order valence-electron chi connectivity index (χ1n) is 6.52. The van der Waals surface area contributed by atoms with E-state index in [1.807, 2.05) is 19.1 Å². The molecule has 1 saturated heterocycles. The van der Waals surface area contributed by atoms with Crippen LogP contribution in [0.25, 0.3) is 0 Å². The summed E-state index contributed by atoms with van der Waals surface area (Å²) in [4.78, 5) is 16.2. The Labute approximate surface area is 108 Å². The first-order valence-corrected chi connectivity index (χ1v) is 6.52. The summed E-state index contributed by atoms with van der Waals surface area (Å²) < 4.78 is 0. The highest BCUT2D eigenvalue weighted by molar-refractivity contribution is 5.92. The molecule has 18 heavy (non-hydrogen) atoms.